The summed E-state index contributed by atoms with van der Waals surface area (Å²) in [6.07, 6.45) is 5.45. The standard InChI is InChI=1S/C21H26N4O4/c1-24(15-5-3-2-4-6-15)20(28)18(26)9-10-29-16-7-8-17-14(11-16)12-25-13-19(27)23-21(25)22-17/h7-8,11,15H,2-6,9-10,12-13H2,1H3,(H,22,23,27). The van der Waals surface area contributed by atoms with Crippen molar-refractivity contribution in [2.75, 3.05) is 20.2 Å². The molecule has 3 aliphatic rings. The van der Waals surface area contributed by atoms with Gasteiger partial charge in [-0.05, 0) is 31.0 Å². The molecule has 2 aliphatic heterocycles. The molecule has 1 aromatic carbocycles. The fourth-order valence-electron chi connectivity index (χ4n) is 4.13. The molecule has 0 atom stereocenters. The average molecular weight is 398 g/mol. The van der Waals surface area contributed by atoms with Crippen LogP contribution in [0.4, 0.5) is 5.69 Å². The van der Waals surface area contributed by atoms with Gasteiger partial charge in [0.05, 0.1) is 18.7 Å². The molecule has 2 heterocycles. The smallest absolute Gasteiger partial charge is 0.290 e. The molecule has 0 aromatic heterocycles. The molecule has 8 heteroatoms. The van der Waals surface area contributed by atoms with Crippen LogP contribution in [-0.4, -0.2) is 59.6 Å². The number of nitrogens with zero attached hydrogens (tertiary/aromatic N) is 3. The minimum absolute atomic E-state index is 0.0554. The highest BCUT2D eigenvalue weighted by molar-refractivity contribution is 6.36. The van der Waals surface area contributed by atoms with Gasteiger partial charge in [-0.1, -0.05) is 19.3 Å². The Morgan fingerprint density at radius 1 is 1.24 bits per heavy atom. The SMILES string of the molecule is CN(C(=O)C(=O)CCOc1ccc2c(c1)CN1CC(=O)NC1=N2)C1CCCCC1. The van der Waals surface area contributed by atoms with Crippen molar-refractivity contribution in [3.63, 3.8) is 0 Å². The molecule has 2 amide bonds. The Balaban J connectivity index is 1.29. The summed E-state index contributed by atoms with van der Waals surface area (Å²) >= 11 is 0. The molecule has 0 bridgehead atoms. The highest BCUT2D eigenvalue weighted by atomic mass is 16.5. The third-order valence-corrected chi connectivity index (χ3v) is 5.80. The third-order valence-electron chi connectivity index (χ3n) is 5.80. The second-order valence-corrected chi connectivity index (χ2v) is 7.86. The topological polar surface area (TPSA) is 91.3 Å². The number of aliphatic imine (C=N–C) groups is 1. The van der Waals surface area contributed by atoms with Gasteiger partial charge in [-0.25, -0.2) is 4.99 Å². The van der Waals surface area contributed by atoms with Gasteiger partial charge in [0, 0.05) is 25.2 Å². The number of hydrogen-bond acceptors (Lipinski definition) is 6. The Morgan fingerprint density at radius 2 is 2.03 bits per heavy atom. The summed E-state index contributed by atoms with van der Waals surface area (Å²) in [6, 6.07) is 5.68. The molecular formula is C21H26N4O4. The minimum atomic E-state index is -0.418. The molecule has 2 fully saturated rings. The van der Waals surface area contributed by atoms with E-state index in [0.29, 0.717) is 24.8 Å². The van der Waals surface area contributed by atoms with Gasteiger partial charge >= 0.3 is 0 Å². The van der Waals surface area contributed by atoms with Crippen LogP contribution in [0.25, 0.3) is 0 Å². The maximum absolute atomic E-state index is 12.4. The van der Waals surface area contributed by atoms with Crippen LogP contribution in [0, 0.1) is 0 Å². The van der Waals surface area contributed by atoms with Gasteiger partial charge in [-0.15, -0.1) is 0 Å². The molecule has 1 N–H and O–H groups in total. The molecule has 1 aromatic rings. The fourth-order valence-corrected chi connectivity index (χ4v) is 4.13. The van der Waals surface area contributed by atoms with Crippen molar-refractivity contribution in [3.8, 4) is 5.75 Å². The monoisotopic (exact) mass is 398 g/mol. The van der Waals surface area contributed by atoms with E-state index < -0.39 is 11.7 Å². The second-order valence-electron chi connectivity index (χ2n) is 7.86. The number of Topliss-reactive ketones (excluding diaryl/α,β-unsaturated/α-hetero) is 1. The molecule has 1 saturated heterocycles. The summed E-state index contributed by atoms with van der Waals surface area (Å²) < 4.78 is 5.71. The maximum Gasteiger partial charge on any atom is 0.290 e. The van der Waals surface area contributed by atoms with E-state index in [1.54, 1.807) is 18.0 Å². The fraction of sp³-hybridized carbons (Fsp3) is 0.524. The zero-order valence-electron chi connectivity index (χ0n) is 16.6. The summed E-state index contributed by atoms with van der Waals surface area (Å²) in [5, 5.41) is 2.73. The van der Waals surface area contributed by atoms with Crippen LogP contribution in [0.15, 0.2) is 23.2 Å². The van der Waals surface area contributed by atoms with Crippen molar-refractivity contribution in [3.05, 3.63) is 23.8 Å². The van der Waals surface area contributed by atoms with Crippen LogP contribution in [0.1, 0.15) is 44.1 Å². The van der Waals surface area contributed by atoms with Crippen molar-refractivity contribution in [1.82, 2.24) is 15.1 Å². The molecule has 0 spiro atoms. The number of carbonyl (C=O) groups excluding carboxylic acids is 3. The first-order valence-electron chi connectivity index (χ1n) is 10.2. The number of ether oxygens (including phenoxy) is 1. The molecule has 0 radical (unpaired) electrons. The van der Waals surface area contributed by atoms with Gasteiger partial charge in [0.15, 0.2) is 0 Å². The summed E-state index contributed by atoms with van der Waals surface area (Å²) in [5.41, 5.74) is 1.76. The molecule has 1 aliphatic carbocycles. The maximum atomic E-state index is 12.4. The number of carbonyl (C=O) groups is 3. The molecule has 154 valence electrons. The molecule has 4 rings (SSSR count). The summed E-state index contributed by atoms with van der Waals surface area (Å²) in [7, 11) is 1.73. The molecule has 0 unspecified atom stereocenters. The van der Waals surface area contributed by atoms with Crippen molar-refractivity contribution in [2.45, 2.75) is 51.1 Å². The van der Waals surface area contributed by atoms with Crippen LogP contribution in [0.5, 0.6) is 5.75 Å². The first-order chi connectivity index (χ1) is 14.0. The number of amides is 2. The van der Waals surface area contributed by atoms with Crippen molar-refractivity contribution in [2.24, 2.45) is 4.99 Å². The lowest BCUT2D eigenvalue weighted by atomic mass is 9.94. The van der Waals surface area contributed by atoms with Gasteiger partial charge in [0.2, 0.25) is 17.6 Å². The number of rotatable bonds is 6. The lowest BCUT2D eigenvalue weighted by Gasteiger charge is -2.30. The van der Waals surface area contributed by atoms with Gasteiger partial charge in [-0.3, -0.25) is 19.7 Å². The molecule has 8 nitrogen and oxygen atoms in total. The number of fused-ring (bicyclic) bond motifs is 2. The summed E-state index contributed by atoms with van der Waals surface area (Å²) in [5.74, 6) is 0.324. The highest BCUT2D eigenvalue weighted by Gasteiger charge is 2.29. The van der Waals surface area contributed by atoms with E-state index in [9.17, 15) is 14.4 Å². The predicted molar refractivity (Wildman–Crippen MR) is 107 cm³/mol. The largest absolute Gasteiger partial charge is 0.493 e. The van der Waals surface area contributed by atoms with Crippen LogP contribution in [-0.2, 0) is 20.9 Å². The normalized spacial score (nSPS) is 18.4. The van der Waals surface area contributed by atoms with Crippen molar-refractivity contribution < 1.29 is 19.1 Å². The number of ketones is 1. The van der Waals surface area contributed by atoms with E-state index in [0.717, 1.165) is 36.9 Å². The van der Waals surface area contributed by atoms with Crippen LogP contribution < -0.4 is 10.1 Å². The third kappa shape index (κ3) is 4.26. The Labute approximate surface area is 169 Å². The number of likely N-dealkylation sites (N-methyl/N-ethyl adjacent to an activating group) is 1. The Kier molecular flexibility index (Phi) is 5.51. The van der Waals surface area contributed by atoms with E-state index in [-0.39, 0.29) is 25.0 Å². The highest BCUT2D eigenvalue weighted by Crippen LogP contribution is 2.30. The van der Waals surface area contributed by atoms with Crippen molar-refractivity contribution >= 4 is 29.2 Å². The first kappa shape index (κ1) is 19.4. The quantitative estimate of drug-likeness (QED) is 0.737. The number of hydrogen-bond donors (Lipinski definition) is 1. The Morgan fingerprint density at radius 3 is 2.83 bits per heavy atom. The Hall–Kier alpha value is -2.90. The number of benzene rings is 1. The Bertz CT molecular complexity index is 860. The van der Waals surface area contributed by atoms with Crippen LogP contribution >= 0.6 is 0 Å². The van der Waals surface area contributed by atoms with Crippen LogP contribution in [0.2, 0.25) is 0 Å². The van der Waals surface area contributed by atoms with E-state index in [1.165, 1.54) is 6.42 Å². The number of guanidine groups is 1. The predicted octanol–water partition coefficient (Wildman–Crippen LogP) is 1.75. The minimum Gasteiger partial charge on any atom is -0.493 e. The van der Waals surface area contributed by atoms with Gasteiger partial charge in [0.25, 0.3) is 5.91 Å². The van der Waals surface area contributed by atoms with E-state index in [1.807, 2.05) is 17.0 Å². The van der Waals surface area contributed by atoms with Gasteiger partial charge < -0.3 is 14.5 Å². The zero-order chi connectivity index (χ0) is 20.4. The first-order valence-corrected chi connectivity index (χ1v) is 10.2. The van der Waals surface area contributed by atoms with Crippen molar-refractivity contribution in [1.29, 1.82) is 0 Å². The summed E-state index contributed by atoms with van der Waals surface area (Å²) in [6.45, 7) is 1.03. The van der Waals surface area contributed by atoms with Gasteiger partial charge in [0.1, 0.15) is 12.3 Å². The van der Waals surface area contributed by atoms with E-state index in [4.69, 9.17) is 4.74 Å². The molecule has 29 heavy (non-hydrogen) atoms. The van der Waals surface area contributed by atoms with E-state index in [2.05, 4.69) is 10.3 Å². The lowest BCUT2D eigenvalue weighted by molar-refractivity contribution is -0.145. The average Bonchev–Trinajstić information content (AvgIpc) is 3.10. The summed E-state index contributed by atoms with van der Waals surface area (Å²) in [4.78, 5) is 44.1. The van der Waals surface area contributed by atoms with Crippen LogP contribution in [0.3, 0.4) is 0 Å². The second kappa shape index (κ2) is 8.23. The number of nitrogens with one attached hydrogen (secondary N) is 1. The van der Waals surface area contributed by atoms with Gasteiger partial charge in [-0.2, -0.15) is 0 Å². The molecule has 1 saturated carbocycles. The zero-order valence-corrected chi connectivity index (χ0v) is 16.6. The molecular weight excluding hydrogens is 372 g/mol. The van der Waals surface area contributed by atoms with E-state index >= 15 is 0 Å². The lowest BCUT2D eigenvalue weighted by Crippen LogP contribution is -2.42.